The predicted octanol–water partition coefficient (Wildman–Crippen LogP) is 6.03. The SMILES string of the molecule is CCN(CC)CCN(C(=O)c1ccc(Cl)cc1Cl)c1nc2c(OC)ccc(OC)c2s1.Cl. The van der Waals surface area contributed by atoms with Gasteiger partial charge in [-0.1, -0.05) is 48.4 Å². The molecule has 3 aromatic rings. The third kappa shape index (κ3) is 5.58. The lowest BCUT2D eigenvalue weighted by Crippen LogP contribution is -2.39. The summed E-state index contributed by atoms with van der Waals surface area (Å²) < 4.78 is 11.8. The lowest BCUT2D eigenvalue weighted by molar-refractivity contribution is 0.0984. The van der Waals surface area contributed by atoms with Crippen LogP contribution in [0.2, 0.25) is 10.0 Å². The maximum atomic E-state index is 13.5. The molecule has 0 N–H and O–H groups in total. The minimum absolute atomic E-state index is 0. The summed E-state index contributed by atoms with van der Waals surface area (Å²) in [4.78, 5) is 22.2. The van der Waals surface area contributed by atoms with Crippen LogP contribution in [0.25, 0.3) is 10.2 Å². The quantitative estimate of drug-likeness (QED) is 0.346. The van der Waals surface area contributed by atoms with Gasteiger partial charge in [-0.2, -0.15) is 0 Å². The van der Waals surface area contributed by atoms with E-state index in [1.807, 2.05) is 12.1 Å². The van der Waals surface area contributed by atoms with Crippen molar-refractivity contribution in [2.24, 2.45) is 0 Å². The van der Waals surface area contributed by atoms with E-state index >= 15 is 0 Å². The van der Waals surface area contributed by atoms with Crippen molar-refractivity contribution in [3.05, 3.63) is 45.9 Å². The molecule has 2 aromatic carbocycles. The maximum Gasteiger partial charge on any atom is 0.261 e. The molecule has 1 aromatic heterocycles. The second-order valence-corrected chi connectivity index (χ2v) is 8.57. The Hall–Kier alpha value is -1.77. The fourth-order valence-corrected chi connectivity index (χ4v) is 4.85. The molecule has 0 saturated carbocycles. The Balaban J connectivity index is 0.00000363. The highest BCUT2D eigenvalue weighted by Crippen LogP contribution is 2.40. The zero-order chi connectivity index (χ0) is 22.5. The maximum absolute atomic E-state index is 13.5. The first-order valence-electron chi connectivity index (χ1n) is 9.94. The lowest BCUT2D eigenvalue weighted by Gasteiger charge is -2.25. The molecule has 0 fully saturated rings. The summed E-state index contributed by atoms with van der Waals surface area (Å²) in [5.41, 5.74) is 1.04. The van der Waals surface area contributed by atoms with E-state index in [9.17, 15) is 4.79 Å². The molecular formula is C22H26Cl3N3O3S. The molecule has 1 amide bonds. The molecule has 0 saturated heterocycles. The topological polar surface area (TPSA) is 54.9 Å². The molecule has 0 atom stereocenters. The number of rotatable bonds is 9. The van der Waals surface area contributed by atoms with E-state index in [1.165, 1.54) is 11.3 Å². The molecule has 6 nitrogen and oxygen atoms in total. The first-order chi connectivity index (χ1) is 14.9. The van der Waals surface area contributed by atoms with Gasteiger partial charge in [0.25, 0.3) is 5.91 Å². The first-order valence-corrected chi connectivity index (χ1v) is 11.5. The molecule has 0 spiro atoms. The van der Waals surface area contributed by atoms with Crippen molar-refractivity contribution in [1.82, 2.24) is 9.88 Å². The van der Waals surface area contributed by atoms with E-state index in [0.29, 0.717) is 50.8 Å². The number of carbonyl (C=O) groups is 1. The summed E-state index contributed by atoms with van der Waals surface area (Å²) in [6.45, 7) is 7.14. The van der Waals surface area contributed by atoms with Gasteiger partial charge in [0.05, 0.1) is 24.8 Å². The van der Waals surface area contributed by atoms with Crippen molar-refractivity contribution in [2.75, 3.05) is 45.3 Å². The Kier molecular flexibility index (Phi) is 9.85. The van der Waals surface area contributed by atoms with Crippen molar-refractivity contribution in [1.29, 1.82) is 0 Å². The van der Waals surface area contributed by atoms with Gasteiger partial charge in [0.15, 0.2) is 5.13 Å². The van der Waals surface area contributed by atoms with Gasteiger partial charge in [-0.15, -0.1) is 12.4 Å². The second-order valence-electron chi connectivity index (χ2n) is 6.75. The number of benzene rings is 2. The minimum Gasteiger partial charge on any atom is -0.495 e. The number of hydrogen-bond donors (Lipinski definition) is 0. The van der Waals surface area contributed by atoms with E-state index in [1.54, 1.807) is 37.3 Å². The van der Waals surface area contributed by atoms with Crippen LogP contribution in [0.15, 0.2) is 30.3 Å². The average Bonchev–Trinajstić information content (AvgIpc) is 3.20. The molecule has 0 aliphatic carbocycles. The van der Waals surface area contributed by atoms with Crippen molar-refractivity contribution in [3.63, 3.8) is 0 Å². The van der Waals surface area contributed by atoms with Gasteiger partial charge in [-0.05, 0) is 43.4 Å². The van der Waals surface area contributed by atoms with Gasteiger partial charge >= 0.3 is 0 Å². The minimum atomic E-state index is -0.231. The fraction of sp³-hybridized carbons (Fsp3) is 0.364. The zero-order valence-electron chi connectivity index (χ0n) is 18.4. The fourth-order valence-electron chi connectivity index (χ4n) is 3.26. The van der Waals surface area contributed by atoms with Gasteiger partial charge < -0.3 is 14.4 Å². The summed E-state index contributed by atoms with van der Waals surface area (Å²) in [6, 6.07) is 8.52. The molecule has 32 heavy (non-hydrogen) atoms. The number of hydrogen-bond acceptors (Lipinski definition) is 6. The number of nitrogens with zero attached hydrogens (tertiary/aromatic N) is 3. The molecule has 0 aliphatic heterocycles. The largest absolute Gasteiger partial charge is 0.495 e. The molecule has 10 heteroatoms. The second kappa shape index (κ2) is 11.9. The number of halogens is 3. The van der Waals surface area contributed by atoms with E-state index in [4.69, 9.17) is 37.7 Å². The standard InChI is InChI=1S/C22H25Cl2N3O3S.ClH/c1-5-26(6-2)11-12-27(21(28)15-8-7-14(23)13-16(15)24)22-25-19-17(29-3)9-10-18(30-4)20(19)31-22;/h7-10,13H,5-6,11-12H2,1-4H3;1H. The summed E-state index contributed by atoms with van der Waals surface area (Å²) in [6.07, 6.45) is 0. The van der Waals surface area contributed by atoms with Gasteiger partial charge in [0.2, 0.25) is 0 Å². The number of anilines is 1. The number of amides is 1. The average molecular weight is 519 g/mol. The van der Waals surface area contributed by atoms with Crippen LogP contribution in [0.3, 0.4) is 0 Å². The van der Waals surface area contributed by atoms with Crippen molar-refractivity contribution in [2.45, 2.75) is 13.8 Å². The molecule has 1 heterocycles. The van der Waals surface area contributed by atoms with Crippen LogP contribution in [-0.4, -0.2) is 56.2 Å². The third-order valence-electron chi connectivity index (χ3n) is 5.07. The highest BCUT2D eigenvalue weighted by Gasteiger charge is 2.25. The number of ether oxygens (including phenoxy) is 2. The van der Waals surface area contributed by atoms with Crippen LogP contribution in [0.4, 0.5) is 5.13 Å². The van der Waals surface area contributed by atoms with Crippen LogP contribution in [0, 0.1) is 0 Å². The molecule has 0 radical (unpaired) electrons. The highest BCUT2D eigenvalue weighted by atomic mass is 35.5. The van der Waals surface area contributed by atoms with Crippen LogP contribution in [0.1, 0.15) is 24.2 Å². The Morgan fingerprint density at radius 2 is 1.69 bits per heavy atom. The summed E-state index contributed by atoms with van der Waals surface area (Å²) in [5.74, 6) is 1.07. The first kappa shape index (κ1) is 26.5. The van der Waals surface area contributed by atoms with Crippen LogP contribution in [0.5, 0.6) is 11.5 Å². The smallest absolute Gasteiger partial charge is 0.261 e. The van der Waals surface area contributed by atoms with Crippen LogP contribution < -0.4 is 14.4 Å². The lowest BCUT2D eigenvalue weighted by atomic mass is 10.2. The Morgan fingerprint density at radius 1 is 1.03 bits per heavy atom. The van der Waals surface area contributed by atoms with Crippen molar-refractivity contribution in [3.8, 4) is 11.5 Å². The Labute approximate surface area is 208 Å². The third-order valence-corrected chi connectivity index (χ3v) is 6.71. The van der Waals surface area contributed by atoms with E-state index in [-0.39, 0.29) is 18.3 Å². The van der Waals surface area contributed by atoms with Crippen LogP contribution >= 0.6 is 46.9 Å². The Morgan fingerprint density at radius 3 is 2.28 bits per heavy atom. The summed E-state index contributed by atoms with van der Waals surface area (Å²) in [7, 11) is 3.20. The Bertz CT molecular complexity index is 1030. The number of carbonyl (C=O) groups excluding carboxylic acids is 1. The number of methoxy groups -OCH3 is 2. The van der Waals surface area contributed by atoms with Gasteiger partial charge in [-0.25, -0.2) is 4.98 Å². The molecule has 174 valence electrons. The predicted molar refractivity (Wildman–Crippen MR) is 136 cm³/mol. The monoisotopic (exact) mass is 517 g/mol. The molecule has 3 rings (SSSR count). The van der Waals surface area contributed by atoms with Gasteiger partial charge in [-0.3, -0.25) is 9.69 Å². The van der Waals surface area contributed by atoms with Gasteiger partial charge in [0.1, 0.15) is 21.7 Å². The molecule has 0 aliphatic rings. The van der Waals surface area contributed by atoms with Crippen LogP contribution in [-0.2, 0) is 0 Å². The van der Waals surface area contributed by atoms with Crippen molar-refractivity contribution < 1.29 is 14.3 Å². The molecular weight excluding hydrogens is 493 g/mol. The normalized spacial score (nSPS) is 10.8. The van der Waals surface area contributed by atoms with E-state index in [0.717, 1.165) is 17.8 Å². The number of aromatic nitrogens is 1. The number of fused-ring (bicyclic) bond motifs is 1. The zero-order valence-corrected chi connectivity index (χ0v) is 21.5. The summed E-state index contributed by atoms with van der Waals surface area (Å²) >= 11 is 13.8. The van der Waals surface area contributed by atoms with E-state index in [2.05, 4.69) is 18.7 Å². The van der Waals surface area contributed by atoms with Crippen molar-refractivity contribution >= 4 is 68.2 Å². The molecule has 0 bridgehead atoms. The highest BCUT2D eigenvalue weighted by molar-refractivity contribution is 7.22. The van der Waals surface area contributed by atoms with Gasteiger partial charge in [0, 0.05) is 18.1 Å². The summed E-state index contributed by atoms with van der Waals surface area (Å²) in [5, 5.41) is 1.34. The van der Waals surface area contributed by atoms with E-state index < -0.39 is 0 Å². The number of likely N-dealkylation sites (N-methyl/N-ethyl adjacent to an activating group) is 1. The molecule has 0 unspecified atom stereocenters. The number of thiazole rings is 1.